The maximum absolute atomic E-state index is 11.9. The van der Waals surface area contributed by atoms with Crippen LogP contribution in [0.2, 0.25) is 0 Å². The molecule has 0 unspecified atom stereocenters. The second-order valence-electron chi connectivity index (χ2n) is 4.78. The van der Waals surface area contributed by atoms with Gasteiger partial charge in [0, 0.05) is 19.8 Å². The summed E-state index contributed by atoms with van der Waals surface area (Å²) in [6.45, 7) is 8.03. The van der Waals surface area contributed by atoms with Gasteiger partial charge in [-0.05, 0) is 18.8 Å². The number of carbonyl (C=O) groups excluding carboxylic acids is 1. The van der Waals surface area contributed by atoms with Gasteiger partial charge in [-0.2, -0.15) is 5.10 Å². The lowest BCUT2D eigenvalue weighted by Gasteiger charge is -2.05. The number of ether oxygens (including phenoxy) is 1. The van der Waals surface area contributed by atoms with Crippen molar-refractivity contribution >= 4 is 11.6 Å². The van der Waals surface area contributed by atoms with Gasteiger partial charge < -0.3 is 15.8 Å². The first-order valence-corrected chi connectivity index (χ1v) is 6.77. The smallest absolute Gasteiger partial charge is 0.273 e. The number of hydrogen-bond acceptors (Lipinski definition) is 4. The molecule has 108 valence electrons. The summed E-state index contributed by atoms with van der Waals surface area (Å²) < 4.78 is 5.33. The summed E-state index contributed by atoms with van der Waals surface area (Å²) in [5.74, 6) is -0.0207. The van der Waals surface area contributed by atoms with E-state index >= 15 is 0 Å². The molecule has 6 nitrogen and oxygen atoms in total. The number of nitrogen functional groups attached to an aromatic ring is 1. The number of aromatic nitrogens is 2. The Bertz CT molecular complexity index is 401. The van der Waals surface area contributed by atoms with Gasteiger partial charge >= 0.3 is 0 Å². The molecule has 19 heavy (non-hydrogen) atoms. The molecule has 0 aliphatic carbocycles. The molecule has 1 aromatic rings. The maximum atomic E-state index is 11.9. The van der Waals surface area contributed by atoms with E-state index in [1.54, 1.807) is 0 Å². The fourth-order valence-corrected chi connectivity index (χ4v) is 1.68. The zero-order valence-corrected chi connectivity index (χ0v) is 12.0. The van der Waals surface area contributed by atoms with Crippen molar-refractivity contribution in [2.45, 2.75) is 39.5 Å². The van der Waals surface area contributed by atoms with Crippen LogP contribution in [0, 0.1) is 0 Å². The first-order chi connectivity index (χ1) is 9.07. The predicted molar refractivity (Wildman–Crippen MR) is 75.1 cm³/mol. The van der Waals surface area contributed by atoms with Gasteiger partial charge in [0.2, 0.25) is 0 Å². The van der Waals surface area contributed by atoms with E-state index in [2.05, 4.69) is 22.4 Å². The van der Waals surface area contributed by atoms with Crippen molar-refractivity contribution in [3.8, 4) is 0 Å². The topological polar surface area (TPSA) is 93.0 Å². The van der Waals surface area contributed by atoms with Crippen LogP contribution in [0.4, 0.5) is 5.69 Å². The minimum absolute atomic E-state index is 0.219. The minimum Gasteiger partial charge on any atom is -0.395 e. The molecule has 0 bridgehead atoms. The number of nitrogens with two attached hydrogens (primary N) is 1. The Morgan fingerprint density at radius 2 is 2.21 bits per heavy atom. The van der Waals surface area contributed by atoms with Gasteiger partial charge in [-0.15, -0.1) is 0 Å². The monoisotopic (exact) mass is 268 g/mol. The van der Waals surface area contributed by atoms with Crippen LogP contribution in [0.1, 0.15) is 55.7 Å². The zero-order valence-electron chi connectivity index (χ0n) is 12.0. The van der Waals surface area contributed by atoms with Crippen molar-refractivity contribution in [1.82, 2.24) is 15.5 Å². The number of nitrogens with one attached hydrogen (secondary N) is 2. The third-order valence-electron chi connectivity index (χ3n) is 2.73. The summed E-state index contributed by atoms with van der Waals surface area (Å²) in [6.07, 6.45) is 1.79. The minimum atomic E-state index is -0.240. The van der Waals surface area contributed by atoms with E-state index in [4.69, 9.17) is 10.5 Å². The third kappa shape index (κ3) is 4.55. The number of carbonyl (C=O) groups is 1. The standard InChI is InChI=1S/C13H24N4O2/c1-4-7-19-8-5-6-15-13(18)12-10(14)11(9(2)3)16-17-12/h9H,4-8,14H2,1-3H3,(H,15,18)(H,16,17). The van der Waals surface area contributed by atoms with Crippen LogP contribution < -0.4 is 11.1 Å². The Morgan fingerprint density at radius 1 is 1.47 bits per heavy atom. The van der Waals surface area contributed by atoms with E-state index in [1.807, 2.05) is 13.8 Å². The molecule has 1 heterocycles. The van der Waals surface area contributed by atoms with Gasteiger partial charge in [-0.3, -0.25) is 9.89 Å². The molecule has 0 spiro atoms. The third-order valence-corrected chi connectivity index (χ3v) is 2.73. The van der Waals surface area contributed by atoms with Crippen molar-refractivity contribution in [3.05, 3.63) is 11.4 Å². The van der Waals surface area contributed by atoms with Gasteiger partial charge in [-0.1, -0.05) is 20.8 Å². The van der Waals surface area contributed by atoms with Crippen molar-refractivity contribution in [2.75, 3.05) is 25.5 Å². The first kappa shape index (κ1) is 15.5. The Morgan fingerprint density at radius 3 is 2.79 bits per heavy atom. The summed E-state index contributed by atoms with van der Waals surface area (Å²) in [4.78, 5) is 11.9. The molecule has 0 aliphatic heterocycles. The Hall–Kier alpha value is -1.56. The zero-order chi connectivity index (χ0) is 14.3. The summed E-state index contributed by atoms with van der Waals surface area (Å²) in [5.41, 5.74) is 7.41. The maximum Gasteiger partial charge on any atom is 0.273 e. The van der Waals surface area contributed by atoms with Gasteiger partial charge in [0.1, 0.15) is 0 Å². The number of rotatable bonds is 8. The average molecular weight is 268 g/mol. The Balaban J connectivity index is 2.37. The van der Waals surface area contributed by atoms with Crippen LogP contribution in [0.5, 0.6) is 0 Å². The van der Waals surface area contributed by atoms with E-state index in [0.717, 1.165) is 25.1 Å². The molecule has 1 aromatic heterocycles. The second-order valence-corrected chi connectivity index (χ2v) is 4.78. The molecule has 0 fully saturated rings. The number of amides is 1. The summed E-state index contributed by atoms with van der Waals surface area (Å²) in [6, 6.07) is 0. The molecule has 0 aliphatic rings. The molecule has 1 amide bonds. The van der Waals surface area contributed by atoms with Gasteiger partial charge in [0.15, 0.2) is 5.69 Å². The number of hydrogen-bond donors (Lipinski definition) is 3. The second kappa shape index (κ2) is 7.78. The summed E-state index contributed by atoms with van der Waals surface area (Å²) in [7, 11) is 0. The van der Waals surface area contributed by atoms with Gasteiger partial charge in [-0.25, -0.2) is 0 Å². The highest BCUT2D eigenvalue weighted by Crippen LogP contribution is 2.21. The van der Waals surface area contributed by atoms with Crippen LogP contribution in [0.15, 0.2) is 0 Å². The van der Waals surface area contributed by atoms with Gasteiger partial charge in [0.25, 0.3) is 5.91 Å². The van der Waals surface area contributed by atoms with Crippen molar-refractivity contribution in [3.63, 3.8) is 0 Å². The lowest BCUT2D eigenvalue weighted by Crippen LogP contribution is -2.26. The SMILES string of the molecule is CCCOCCCNC(=O)c1n[nH]c(C(C)C)c1N. The Kier molecular flexibility index (Phi) is 6.35. The molecule has 0 saturated carbocycles. The number of H-pyrrole nitrogens is 1. The number of anilines is 1. The van der Waals surface area contributed by atoms with E-state index in [-0.39, 0.29) is 17.5 Å². The Labute approximate surface area is 114 Å². The average Bonchev–Trinajstić information content (AvgIpc) is 2.75. The van der Waals surface area contributed by atoms with E-state index in [1.165, 1.54) is 0 Å². The van der Waals surface area contributed by atoms with Crippen LogP contribution in [0.25, 0.3) is 0 Å². The molecule has 4 N–H and O–H groups in total. The first-order valence-electron chi connectivity index (χ1n) is 6.77. The number of nitrogens with zero attached hydrogens (tertiary/aromatic N) is 1. The number of aromatic amines is 1. The lowest BCUT2D eigenvalue weighted by atomic mass is 10.1. The van der Waals surface area contributed by atoms with Crippen molar-refractivity contribution in [2.24, 2.45) is 0 Å². The quantitative estimate of drug-likeness (QED) is 0.625. The van der Waals surface area contributed by atoms with Crippen LogP contribution in [-0.2, 0) is 4.74 Å². The molecule has 0 aromatic carbocycles. The normalized spacial score (nSPS) is 10.9. The molecular weight excluding hydrogens is 244 g/mol. The van der Waals surface area contributed by atoms with Crippen LogP contribution >= 0.6 is 0 Å². The highest BCUT2D eigenvalue weighted by Gasteiger charge is 2.18. The molecule has 1 rings (SSSR count). The predicted octanol–water partition coefficient (Wildman–Crippen LogP) is 1.66. The molecule has 6 heteroatoms. The lowest BCUT2D eigenvalue weighted by molar-refractivity contribution is 0.0937. The highest BCUT2D eigenvalue weighted by atomic mass is 16.5. The van der Waals surface area contributed by atoms with Crippen molar-refractivity contribution in [1.29, 1.82) is 0 Å². The molecular formula is C13H24N4O2. The van der Waals surface area contributed by atoms with Crippen LogP contribution in [-0.4, -0.2) is 35.9 Å². The van der Waals surface area contributed by atoms with E-state index in [9.17, 15) is 4.79 Å². The van der Waals surface area contributed by atoms with E-state index in [0.29, 0.717) is 18.8 Å². The largest absolute Gasteiger partial charge is 0.395 e. The molecule has 0 radical (unpaired) electrons. The summed E-state index contributed by atoms with van der Waals surface area (Å²) >= 11 is 0. The van der Waals surface area contributed by atoms with Gasteiger partial charge in [0.05, 0.1) is 11.4 Å². The fourth-order valence-electron chi connectivity index (χ4n) is 1.68. The van der Waals surface area contributed by atoms with E-state index < -0.39 is 0 Å². The van der Waals surface area contributed by atoms with Crippen molar-refractivity contribution < 1.29 is 9.53 Å². The van der Waals surface area contributed by atoms with Crippen LogP contribution in [0.3, 0.4) is 0 Å². The molecule has 0 saturated heterocycles. The summed E-state index contributed by atoms with van der Waals surface area (Å²) in [5, 5.41) is 9.57. The molecule has 0 atom stereocenters. The highest BCUT2D eigenvalue weighted by molar-refractivity contribution is 5.97. The fraction of sp³-hybridized carbons (Fsp3) is 0.692.